The van der Waals surface area contributed by atoms with Crippen molar-refractivity contribution in [2.45, 2.75) is 102 Å². The first-order chi connectivity index (χ1) is 9.91. The number of aliphatic hydroxyl groups is 1. The topological polar surface area (TPSA) is 77.4 Å². The Morgan fingerprint density at radius 2 is 1.27 bits per heavy atom. The van der Waals surface area contributed by atoms with Gasteiger partial charge in [-0.05, 0) is 32.1 Å². The molecule has 0 heterocycles. The van der Waals surface area contributed by atoms with Crippen molar-refractivity contribution in [2.75, 3.05) is 0 Å². The minimum atomic E-state index is -4.20. The second kappa shape index (κ2) is 16.0. The molecular weight excluding hydrogens is 327 g/mol. The maximum absolute atomic E-state index is 11.3. The van der Waals surface area contributed by atoms with Crippen LogP contribution in [0, 0.1) is 0 Å². The Balaban J connectivity index is 0. The third kappa shape index (κ3) is 15.1. The number of unbranched alkanes of at least 4 members (excludes halogenated alkanes) is 5. The molecule has 0 amide bonds. The summed E-state index contributed by atoms with van der Waals surface area (Å²) in [6.07, 6.45) is 9.73. The van der Waals surface area contributed by atoms with Gasteiger partial charge in [0.05, 0.1) is 16.2 Å². The average Bonchev–Trinajstić information content (AvgIpc) is 2.40. The van der Waals surface area contributed by atoms with E-state index in [0.29, 0.717) is 25.7 Å². The molecule has 0 aromatic carbocycles. The molecule has 0 bridgehead atoms. The molecule has 2 atom stereocenters. The van der Waals surface area contributed by atoms with Gasteiger partial charge in [0.2, 0.25) is 0 Å². The van der Waals surface area contributed by atoms with E-state index in [9.17, 15) is 18.1 Å². The molecule has 0 aliphatic heterocycles. The molecule has 0 radical (unpaired) electrons. The van der Waals surface area contributed by atoms with Crippen molar-refractivity contribution in [1.29, 1.82) is 0 Å². The zero-order chi connectivity index (χ0) is 16.1. The van der Waals surface area contributed by atoms with E-state index in [4.69, 9.17) is 0 Å². The Morgan fingerprint density at radius 3 is 1.82 bits per heavy atom. The summed E-state index contributed by atoms with van der Waals surface area (Å²) in [4.78, 5) is 0. The van der Waals surface area contributed by atoms with Gasteiger partial charge in [0, 0.05) is 5.25 Å². The molecule has 128 valence electrons. The van der Waals surface area contributed by atoms with Crippen molar-refractivity contribution in [1.82, 2.24) is 0 Å². The van der Waals surface area contributed by atoms with Gasteiger partial charge in [-0.15, -0.1) is 0 Å². The van der Waals surface area contributed by atoms with E-state index in [1.807, 2.05) is 0 Å². The Hall–Kier alpha value is 1.51. The van der Waals surface area contributed by atoms with Crippen LogP contribution in [-0.4, -0.2) is 29.4 Å². The number of aliphatic hydroxyl groups excluding tert-OH is 1. The molecule has 0 rings (SSSR count). The maximum atomic E-state index is 11.3. The molecule has 0 aliphatic rings. The normalized spacial score (nSPS) is 14.4. The van der Waals surface area contributed by atoms with Crippen LogP contribution in [0.5, 0.6) is 0 Å². The summed E-state index contributed by atoms with van der Waals surface area (Å²) >= 11 is 0. The second-order valence-corrected chi connectivity index (χ2v) is 7.70. The van der Waals surface area contributed by atoms with Crippen LogP contribution in [0.25, 0.3) is 0 Å². The van der Waals surface area contributed by atoms with Gasteiger partial charge < -0.3 is 9.66 Å². The third-order valence-electron chi connectivity index (χ3n) is 3.99. The van der Waals surface area contributed by atoms with E-state index < -0.39 is 15.4 Å². The molecule has 0 aromatic heterocycles. The van der Waals surface area contributed by atoms with E-state index in [-0.39, 0.29) is 57.5 Å². The average molecular weight is 361 g/mol. The Labute approximate surface area is 180 Å². The van der Waals surface area contributed by atoms with Crippen LogP contribution in [-0.2, 0) is 10.1 Å². The largest absolute Gasteiger partial charge is 1.00 e. The van der Waals surface area contributed by atoms with E-state index >= 15 is 0 Å². The molecule has 0 aromatic rings. The van der Waals surface area contributed by atoms with Crippen LogP contribution in [0.3, 0.4) is 0 Å². The quantitative estimate of drug-likeness (QED) is 0.285. The Kier molecular flexibility index (Phi) is 18.7. The number of rotatable bonds is 14. The molecule has 0 saturated heterocycles. The summed E-state index contributed by atoms with van der Waals surface area (Å²) in [6, 6.07) is 0. The van der Waals surface area contributed by atoms with Crippen molar-refractivity contribution in [3.05, 3.63) is 0 Å². The predicted octanol–water partition coefficient (Wildman–Crippen LogP) is 0.986. The van der Waals surface area contributed by atoms with E-state index in [2.05, 4.69) is 13.8 Å². The van der Waals surface area contributed by atoms with E-state index in [0.717, 1.165) is 51.4 Å². The summed E-state index contributed by atoms with van der Waals surface area (Å²) in [5.74, 6) is 0. The zero-order valence-corrected chi connectivity index (χ0v) is 18.7. The standard InChI is InChI=1S/C16H34O4S.K/c1-3-5-7-9-13-16(21(18,19)20)14-10-12-15(17)11-8-6-4-2;/h15-17H,3-14H2,1-2H3,(H,18,19,20);/q;+1/p-1. The molecule has 0 spiro atoms. The fourth-order valence-electron chi connectivity index (χ4n) is 2.59. The fourth-order valence-corrected chi connectivity index (χ4v) is 3.50. The third-order valence-corrected chi connectivity index (χ3v) is 5.28. The molecule has 2 unspecified atom stereocenters. The minimum absolute atomic E-state index is 0. The summed E-state index contributed by atoms with van der Waals surface area (Å²) in [5.41, 5.74) is 0. The molecule has 6 heteroatoms. The summed E-state index contributed by atoms with van der Waals surface area (Å²) in [5, 5.41) is 9.04. The smallest absolute Gasteiger partial charge is 0.748 e. The Bertz CT molecular complexity index is 333. The van der Waals surface area contributed by atoms with Gasteiger partial charge in [-0.3, -0.25) is 0 Å². The van der Waals surface area contributed by atoms with Crippen LogP contribution in [0.4, 0.5) is 0 Å². The summed E-state index contributed by atoms with van der Waals surface area (Å²) in [6.45, 7) is 4.22. The molecular formula is C16H33KO4S. The van der Waals surface area contributed by atoms with Crippen LogP contribution in [0.2, 0.25) is 0 Å². The Morgan fingerprint density at radius 1 is 0.818 bits per heavy atom. The first-order valence-electron chi connectivity index (χ1n) is 8.54. The van der Waals surface area contributed by atoms with Gasteiger partial charge in [0.1, 0.15) is 0 Å². The van der Waals surface area contributed by atoms with Gasteiger partial charge in [-0.2, -0.15) is 0 Å². The summed E-state index contributed by atoms with van der Waals surface area (Å²) in [7, 11) is -4.20. The number of hydrogen-bond donors (Lipinski definition) is 1. The first kappa shape index (κ1) is 25.7. The van der Waals surface area contributed by atoms with Crippen molar-refractivity contribution in [3.8, 4) is 0 Å². The molecule has 0 fully saturated rings. The van der Waals surface area contributed by atoms with Crippen molar-refractivity contribution in [2.24, 2.45) is 0 Å². The molecule has 4 nitrogen and oxygen atoms in total. The van der Waals surface area contributed by atoms with Crippen molar-refractivity contribution in [3.63, 3.8) is 0 Å². The molecule has 22 heavy (non-hydrogen) atoms. The van der Waals surface area contributed by atoms with E-state index in [1.54, 1.807) is 0 Å². The van der Waals surface area contributed by atoms with Gasteiger partial charge in [-0.1, -0.05) is 58.8 Å². The van der Waals surface area contributed by atoms with Crippen LogP contribution in [0.15, 0.2) is 0 Å². The first-order valence-corrected chi connectivity index (χ1v) is 10.0. The monoisotopic (exact) mass is 360 g/mol. The van der Waals surface area contributed by atoms with Gasteiger partial charge in [0.25, 0.3) is 0 Å². The van der Waals surface area contributed by atoms with Crippen LogP contribution < -0.4 is 51.4 Å². The summed E-state index contributed by atoms with van der Waals surface area (Å²) < 4.78 is 33.8. The van der Waals surface area contributed by atoms with Crippen molar-refractivity contribution < 1.29 is 69.5 Å². The SMILES string of the molecule is CCCCCCC(CCCC(O)CCCCC)S(=O)(=O)[O-].[K+]. The van der Waals surface area contributed by atoms with Crippen molar-refractivity contribution >= 4 is 10.1 Å². The minimum Gasteiger partial charge on any atom is -0.748 e. The van der Waals surface area contributed by atoms with Gasteiger partial charge in [-0.25, -0.2) is 8.42 Å². The molecule has 0 aliphatic carbocycles. The zero-order valence-electron chi connectivity index (χ0n) is 14.7. The van der Waals surface area contributed by atoms with Crippen LogP contribution in [0.1, 0.15) is 90.9 Å². The number of hydrogen-bond acceptors (Lipinski definition) is 4. The van der Waals surface area contributed by atoms with Gasteiger partial charge in [0.15, 0.2) is 0 Å². The fraction of sp³-hybridized carbons (Fsp3) is 1.00. The van der Waals surface area contributed by atoms with Gasteiger partial charge >= 0.3 is 51.4 Å². The second-order valence-electron chi connectivity index (χ2n) is 6.04. The molecule has 0 saturated carbocycles. The van der Waals surface area contributed by atoms with Crippen LogP contribution >= 0.6 is 0 Å². The molecule has 1 N–H and O–H groups in total. The predicted molar refractivity (Wildman–Crippen MR) is 86.2 cm³/mol. The van der Waals surface area contributed by atoms with E-state index in [1.165, 1.54) is 0 Å². The maximum Gasteiger partial charge on any atom is 1.00 e.